The first kappa shape index (κ1) is 41.9. The lowest BCUT2D eigenvalue weighted by atomic mass is 9.35. The van der Waals surface area contributed by atoms with Gasteiger partial charge in [0.1, 0.15) is 42.7 Å². The molecule has 6 fully saturated rings. The third kappa shape index (κ3) is 6.90. The molecule has 4 aliphatic carbocycles. The van der Waals surface area contributed by atoms with Crippen LogP contribution in [-0.2, 0) is 18.9 Å². The average molecular weight is 755 g/mol. The molecule has 2 heterocycles. The molecule has 8 N–H and O–H groups in total. The first-order valence-corrected chi connectivity index (χ1v) is 20.3. The number of hydrogen-bond acceptors (Lipinski definition) is 12. The molecule has 6 aliphatic rings. The van der Waals surface area contributed by atoms with Crippen molar-refractivity contribution >= 4 is 0 Å². The fourth-order valence-corrected chi connectivity index (χ4v) is 12.9. The zero-order valence-electron chi connectivity index (χ0n) is 33.2. The maximum atomic E-state index is 12.4. The minimum absolute atomic E-state index is 0.000196. The van der Waals surface area contributed by atoms with Crippen LogP contribution in [0.4, 0.5) is 0 Å². The van der Waals surface area contributed by atoms with Gasteiger partial charge in [-0.05, 0) is 116 Å². The third-order valence-electron chi connectivity index (χ3n) is 16.2. The van der Waals surface area contributed by atoms with E-state index in [-0.39, 0.29) is 52.1 Å². The summed E-state index contributed by atoms with van der Waals surface area (Å²) >= 11 is 0. The molecular formula is C41H70O12. The Balaban J connectivity index is 1.25. The Labute approximate surface area is 315 Å². The van der Waals surface area contributed by atoms with Crippen LogP contribution in [0.2, 0.25) is 0 Å². The van der Waals surface area contributed by atoms with Gasteiger partial charge >= 0.3 is 0 Å². The summed E-state index contributed by atoms with van der Waals surface area (Å²) in [6.45, 7) is 17.1. The SMILES string of the molecule is CC(C)=CC[C@@H](C)C(OC1OC(COC2OC(CO)C(O)C2O)C(O)C(O)C1O)C1CC[C@]2(C)C1[C@H](O)CC1[C@@]3(C)CC[C@H](O)C(C)(C)C3CC[C@]12C. The molecule has 53 heavy (non-hydrogen) atoms. The smallest absolute Gasteiger partial charge is 0.186 e. The Morgan fingerprint density at radius 2 is 1.38 bits per heavy atom. The van der Waals surface area contributed by atoms with Crippen LogP contribution in [0.25, 0.3) is 0 Å². The normalized spacial score (nSPS) is 51.9. The topological polar surface area (TPSA) is 199 Å². The molecule has 20 atom stereocenters. The van der Waals surface area contributed by atoms with Gasteiger partial charge in [-0.15, -0.1) is 0 Å². The van der Waals surface area contributed by atoms with Gasteiger partial charge in [-0.25, -0.2) is 0 Å². The largest absolute Gasteiger partial charge is 0.394 e. The molecule has 0 radical (unpaired) electrons. The van der Waals surface area contributed by atoms with Crippen molar-refractivity contribution in [1.29, 1.82) is 0 Å². The molecule has 0 bridgehead atoms. The molecule has 6 rings (SSSR count). The summed E-state index contributed by atoms with van der Waals surface area (Å²) in [4.78, 5) is 0. The number of allylic oxidation sites excluding steroid dienone is 2. The highest BCUT2D eigenvalue weighted by Crippen LogP contribution is 2.75. The van der Waals surface area contributed by atoms with Gasteiger partial charge in [0.15, 0.2) is 12.6 Å². The monoisotopic (exact) mass is 754 g/mol. The van der Waals surface area contributed by atoms with Gasteiger partial charge in [0.25, 0.3) is 0 Å². The molecule has 0 spiro atoms. The van der Waals surface area contributed by atoms with E-state index in [1.807, 2.05) is 13.8 Å². The van der Waals surface area contributed by atoms with Gasteiger partial charge < -0.3 is 59.8 Å². The van der Waals surface area contributed by atoms with Crippen molar-refractivity contribution in [3.05, 3.63) is 11.6 Å². The van der Waals surface area contributed by atoms with Crippen molar-refractivity contribution in [2.75, 3.05) is 13.2 Å². The van der Waals surface area contributed by atoms with Crippen LogP contribution in [0.5, 0.6) is 0 Å². The average Bonchev–Trinajstić information content (AvgIpc) is 3.61. The van der Waals surface area contributed by atoms with Crippen LogP contribution in [-0.4, -0.2) is 128 Å². The molecule has 0 aromatic rings. The summed E-state index contributed by atoms with van der Waals surface area (Å²) in [5.41, 5.74) is 0.745. The molecule has 4 saturated carbocycles. The van der Waals surface area contributed by atoms with E-state index < -0.39 is 74.1 Å². The molecule has 12 nitrogen and oxygen atoms in total. The van der Waals surface area contributed by atoms with Crippen molar-refractivity contribution in [3.8, 4) is 0 Å². The van der Waals surface area contributed by atoms with Crippen LogP contribution in [0, 0.1) is 51.2 Å². The Bertz CT molecular complexity index is 1310. The number of aliphatic hydroxyl groups excluding tert-OH is 8. The second-order valence-electron chi connectivity index (χ2n) is 19.5. The maximum Gasteiger partial charge on any atom is 0.186 e. The molecule has 2 saturated heterocycles. The fourth-order valence-electron chi connectivity index (χ4n) is 12.9. The predicted molar refractivity (Wildman–Crippen MR) is 195 cm³/mol. The van der Waals surface area contributed by atoms with Gasteiger partial charge in [-0.2, -0.15) is 0 Å². The van der Waals surface area contributed by atoms with Gasteiger partial charge in [0, 0.05) is 0 Å². The van der Waals surface area contributed by atoms with Crippen molar-refractivity contribution < 1.29 is 59.8 Å². The van der Waals surface area contributed by atoms with Crippen LogP contribution < -0.4 is 0 Å². The Kier molecular flexibility index (Phi) is 12.0. The van der Waals surface area contributed by atoms with Crippen LogP contribution in [0.3, 0.4) is 0 Å². The summed E-state index contributed by atoms with van der Waals surface area (Å²) in [7, 11) is 0. The number of ether oxygens (including phenoxy) is 4. The van der Waals surface area contributed by atoms with Gasteiger partial charge in [-0.1, -0.05) is 53.2 Å². The first-order valence-electron chi connectivity index (χ1n) is 20.3. The highest BCUT2D eigenvalue weighted by atomic mass is 16.7. The second kappa shape index (κ2) is 15.2. The molecule has 2 aliphatic heterocycles. The fraction of sp³-hybridized carbons (Fsp3) is 0.951. The number of aliphatic hydroxyl groups is 8. The summed E-state index contributed by atoms with van der Waals surface area (Å²) in [5, 5.41) is 86.6. The second-order valence-corrected chi connectivity index (χ2v) is 19.5. The summed E-state index contributed by atoms with van der Waals surface area (Å²) in [6.07, 6.45) is -4.62. The Morgan fingerprint density at radius 1 is 0.755 bits per heavy atom. The zero-order valence-corrected chi connectivity index (χ0v) is 33.2. The Morgan fingerprint density at radius 3 is 2.02 bits per heavy atom. The molecule has 0 amide bonds. The van der Waals surface area contributed by atoms with Crippen molar-refractivity contribution in [1.82, 2.24) is 0 Å². The van der Waals surface area contributed by atoms with Gasteiger partial charge in [0.05, 0.1) is 31.5 Å². The van der Waals surface area contributed by atoms with Crippen LogP contribution >= 0.6 is 0 Å². The van der Waals surface area contributed by atoms with Gasteiger partial charge in [-0.3, -0.25) is 0 Å². The maximum absolute atomic E-state index is 12.4. The minimum Gasteiger partial charge on any atom is -0.394 e. The predicted octanol–water partition coefficient (Wildman–Crippen LogP) is 2.64. The lowest BCUT2D eigenvalue weighted by Crippen LogP contribution is -2.66. The highest BCUT2D eigenvalue weighted by Gasteiger charge is 2.71. The molecular weight excluding hydrogens is 684 g/mol. The summed E-state index contributed by atoms with van der Waals surface area (Å²) in [5.74, 6) is 0.478. The van der Waals surface area contributed by atoms with E-state index in [1.165, 1.54) is 5.57 Å². The standard InChI is InChI=1S/C41H70O12/c1-20(2)9-10-21(3)35(53-37-34(49)32(47)31(46)25(52-37)19-50-36-33(48)30(45)24(18-42)51-36)22-11-15-41(8)29(22)23(43)17-27-39(6)14-13-28(44)38(4,5)26(39)12-16-40(27,41)7/h9,21-37,42-49H,10-19H2,1-8H3/t21-,22?,23-,24?,25?,26?,27?,28+,29?,30?,31?,32?,33?,34?,35?,36?,37?,39+,40-,41-/m1/s1. The highest BCUT2D eigenvalue weighted by molar-refractivity contribution is 5.19. The van der Waals surface area contributed by atoms with E-state index in [2.05, 4.69) is 47.6 Å². The summed E-state index contributed by atoms with van der Waals surface area (Å²) in [6, 6.07) is 0. The Hall–Kier alpha value is -0.740. The first-order chi connectivity index (χ1) is 24.7. The molecule has 306 valence electrons. The third-order valence-corrected chi connectivity index (χ3v) is 16.2. The number of rotatable bonds is 10. The van der Waals surface area contributed by atoms with Crippen LogP contribution in [0.15, 0.2) is 11.6 Å². The zero-order chi connectivity index (χ0) is 39.0. The van der Waals surface area contributed by atoms with E-state index in [4.69, 9.17) is 18.9 Å². The quantitative estimate of drug-likeness (QED) is 0.152. The lowest BCUT2D eigenvalue weighted by molar-refractivity contribution is -0.328. The van der Waals surface area contributed by atoms with Crippen molar-refractivity contribution in [3.63, 3.8) is 0 Å². The molecule has 0 aromatic heterocycles. The molecule has 14 unspecified atom stereocenters. The number of fused-ring (bicyclic) bond motifs is 5. The van der Waals surface area contributed by atoms with Crippen molar-refractivity contribution in [2.45, 2.75) is 180 Å². The number of hydrogen-bond donors (Lipinski definition) is 8. The van der Waals surface area contributed by atoms with E-state index >= 15 is 0 Å². The minimum atomic E-state index is -1.62. The van der Waals surface area contributed by atoms with E-state index in [1.54, 1.807) is 0 Å². The van der Waals surface area contributed by atoms with Crippen molar-refractivity contribution in [2.24, 2.45) is 51.2 Å². The van der Waals surface area contributed by atoms with E-state index in [0.717, 1.165) is 38.5 Å². The van der Waals surface area contributed by atoms with E-state index in [9.17, 15) is 40.9 Å². The molecule has 0 aromatic carbocycles. The summed E-state index contributed by atoms with van der Waals surface area (Å²) < 4.78 is 24.1. The van der Waals surface area contributed by atoms with E-state index in [0.29, 0.717) is 24.7 Å². The lowest BCUT2D eigenvalue weighted by Gasteiger charge is -2.70. The van der Waals surface area contributed by atoms with Gasteiger partial charge in [0.2, 0.25) is 0 Å². The molecule has 12 heteroatoms. The van der Waals surface area contributed by atoms with Crippen LogP contribution in [0.1, 0.15) is 107 Å².